The highest BCUT2D eigenvalue weighted by Crippen LogP contribution is 2.47. The van der Waals surface area contributed by atoms with E-state index in [9.17, 15) is 4.79 Å². The molecule has 1 aromatic heterocycles. The normalized spacial score (nSPS) is 16.1. The Labute approximate surface area is 166 Å². The number of nitrogens with zero attached hydrogens (tertiary/aromatic N) is 4. The van der Waals surface area contributed by atoms with Gasteiger partial charge in [0.2, 0.25) is 0 Å². The number of benzene rings is 2. The number of ether oxygens (including phenoxy) is 3. The van der Waals surface area contributed by atoms with E-state index in [0.29, 0.717) is 17.2 Å². The monoisotopic (exact) mass is 393 g/mol. The molecular weight excluding hydrogens is 374 g/mol. The first-order valence-electron chi connectivity index (χ1n) is 9.47. The molecule has 5 rings (SSSR count). The zero-order valence-electron chi connectivity index (χ0n) is 15.6. The average Bonchev–Trinajstić information content (AvgIpc) is 3.48. The molecule has 3 aromatic rings. The fourth-order valence-electron chi connectivity index (χ4n) is 3.61. The molecule has 2 heterocycles. The van der Waals surface area contributed by atoms with Crippen LogP contribution in [0.5, 0.6) is 17.2 Å². The van der Waals surface area contributed by atoms with Crippen molar-refractivity contribution in [2.24, 2.45) is 0 Å². The summed E-state index contributed by atoms with van der Waals surface area (Å²) >= 11 is 0. The third-order valence-corrected chi connectivity index (χ3v) is 5.00. The second-order valence-electron chi connectivity index (χ2n) is 7.07. The molecule has 1 aliphatic carbocycles. The summed E-state index contributed by atoms with van der Waals surface area (Å²) in [5.74, 6) is 1.20. The van der Waals surface area contributed by atoms with Gasteiger partial charge < -0.3 is 19.5 Å². The van der Waals surface area contributed by atoms with Crippen LogP contribution in [0.2, 0.25) is 0 Å². The van der Waals surface area contributed by atoms with E-state index in [-0.39, 0.29) is 12.5 Å². The van der Waals surface area contributed by atoms with E-state index in [1.165, 1.54) is 11.0 Å². The number of amides is 1. The van der Waals surface area contributed by atoms with Crippen LogP contribution in [0.3, 0.4) is 0 Å². The van der Waals surface area contributed by atoms with Crippen LogP contribution >= 0.6 is 0 Å². The molecule has 0 unspecified atom stereocenters. The number of anilines is 1. The molecule has 29 heavy (non-hydrogen) atoms. The van der Waals surface area contributed by atoms with Crippen LogP contribution in [0.4, 0.5) is 5.69 Å². The molecule has 0 atom stereocenters. The lowest BCUT2D eigenvalue weighted by Crippen LogP contribution is -2.34. The Bertz CT molecular complexity index is 1010. The number of aromatic nitrogens is 4. The molecule has 1 fully saturated rings. The molecule has 9 heteroatoms. The van der Waals surface area contributed by atoms with Gasteiger partial charge in [-0.1, -0.05) is 0 Å². The number of hydrogen-bond donors (Lipinski definition) is 1. The predicted octanol–water partition coefficient (Wildman–Crippen LogP) is 2.72. The van der Waals surface area contributed by atoms with Gasteiger partial charge in [-0.05, 0) is 59.7 Å². The molecule has 1 N–H and O–H groups in total. The van der Waals surface area contributed by atoms with Crippen molar-refractivity contribution < 1.29 is 19.0 Å². The zero-order chi connectivity index (χ0) is 19.7. The number of fused-ring (bicyclic) bond motifs is 1. The van der Waals surface area contributed by atoms with E-state index < -0.39 is 5.79 Å². The maximum absolute atomic E-state index is 12.3. The molecule has 1 amide bonds. The molecule has 2 aromatic carbocycles. The average molecular weight is 393 g/mol. The molecule has 2 aliphatic rings. The highest BCUT2D eigenvalue weighted by atomic mass is 16.7. The number of nitrogens with one attached hydrogen (secondary N) is 1. The fraction of sp³-hybridized carbons (Fsp3) is 0.300. The number of rotatable bonds is 5. The van der Waals surface area contributed by atoms with Crippen molar-refractivity contribution in [3.05, 3.63) is 48.8 Å². The summed E-state index contributed by atoms with van der Waals surface area (Å²) in [6.07, 6.45) is 5.49. The Morgan fingerprint density at radius 1 is 1.10 bits per heavy atom. The minimum atomic E-state index is -0.511. The van der Waals surface area contributed by atoms with Gasteiger partial charge in [0.25, 0.3) is 11.7 Å². The van der Waals surface area contributed by atoms with E-state index in [4.69, 9.17) is 14.2 Å². The fourth-order valence-corrected chi connectivity index (χ4v) is 3.61. The van der Waals surface area contributed by atoms with Crippen molar-refractivity contribution >= 4 is 11.6 Å². The standard InChI is InChI=1S/C20H19N5O4/c26-19(12-27-16-6-4-15(5-7-16)25-13-21-23-24-25)22-14-3-8-17-18(11-14)29-20(28-17)9-1-2-10-20/h3-8,11,13H,1-2,9-10,12H2,(H,22,26). The molecule has 1 aliphatic heterocycles. The van der Waals surface area contributed by atoms with Crippen molar-refractivity contribution in [3.8, 4) is 22.9 Å². The summed E-state index contributed by atoms with van der Waals surface area (Å²) in [6.45, 7) is -0.109. The van der Waals surface area contributed by atoms with E-state index in [2.05, 4.69) is 20.8 Å². The lowest BCUT2D eigenvalue weighted by atomic mass is 10.2. The van der Waals surface area contributed by atoms with Crippen LogP contribution in [0, 0.1) is 0 Å². The molecular formula is C20H19N5O4. The lowest BCUT2D eigenvalue weighted by Gasteiger charge is -2.21. The quantitative estimate of drug-likeness (QED) is 0.711. The Morgan fingerprint density at radius 3 is 2.66 bits per heavy atom. The van der Waals surface area contributed by atoms with E-state index >= 15 is 0 Å². The van der Waals surface area contributed by atoms with Gasteiger partial charge in [-0.3, -0.25) is 4.79 Å². The number of hydrogen-bond acceptors (Lipinski definition) is 7. The molecule has 0 bridgehead atoms. The maximum atomic E-state index is 12.3. The highest BCUT2D eigenvalue weighted by Gasteiger charge is 2.44. The van der Waals surface area contributed by atoms with Crippen LogP contribution in [-0.2, 0) is 4.79 Å². The van der Waals surface area contributed by atoms with Gasteiger partial charge in [0.1, 0.15) is 12.1 Å². The summed E-state index contributed by atoms with van der Waals surface area (Å²) in [6, 6.07) is 12.5. The van der Waals surface area contributed by atoms with Crippen molar-refractivity contribution in [2.75, 3.05) is 11.9 Å². The van der Waals surface area contributed by atoms with Crippen molar-refractivity contribution in [3.63, 3.8) is 0 Å². The Hall–Kier alpha value is -3.62. The van der Waals surface area contributed by atoms with Crippen LogP contribution in [0.15, 0.2) is 48.8 Å². The molecule has 9 nitrogen and oxygen atoms in total. The van der Waals surface area contributed by atoms with Gasteiger partial charge in [0.05, 0.1) is 5.69 Å². The summed E-state index contributed by atoms with van der Waals surface area (Å²) < 4.78 is 19.1. The summed E-state index contributed by atoms with van der Waals surface area (Å²) in [5.41, 5.74) is 1.44. The lowest BCUT2D eigenvalue weighted by molar-refractivity contribution is -0.118. The van der Waals surface area contributed by atoms with Crippen molar-refractivity contribution in [1.82, 2.24) is 20.2 Å². The Balaban J connectivity index is 1.17. The van der Waals surface area contributed by atoms with Gasteiger partial charge in [-0.15, -0.1) is 5.10 Å². The second-order valence-corrected chi connectivity index (χ2v) is 7.07. The minimum Gasteiger partial charge on any atom is -0.484 e. The van der Waals surface area contributed by atoms with E-state index in [1.54, 1.807) is 36.4 Å². The van der Waals surface area contributed by atoms with Crippen molar-refractivity contribution in [2.45, 2.75) is 31.5 Å². The molecule has 0 saturated heterocycles. The van der Waals surface area contributed by atoms with Gasteiger partial charge in [0, 0.05) is 24.6 Å². The summed E-state index contributed by atoms with van der Waals surface area (Å²) in [4.78, 5) is 12.3. The molecule has 1 saturated carbocycles. The summed E-state index contributed by atoms with van der Waals surface area (Å²) in [7, 11) is 0. The van der Waals surface area contributed by atoms with Gasteiger partial charge in [-0.25, -0.2) is 4.68 Å². The van der Waals surface area contributed by atoms with E-state index in [0.717, 1.165) is 37.1 Å². The van der Waals surface area contributed by atoms with Crippen LogP contribution < -0.4 is 19.5 Å². The first kappa shape index (κ1) is 17.5. The topological polar surface area (TPSA) is 100 Å². The highest BCUT2D eigenvalue weighted by molar-refractivity contribution is 5.92. The SMILES string of the molecule is O=C(COc1ccc(-n2cnnn2)cc1)Nc1ccc2c(c1)OC1(CCCC1)O2. The minimum absolute atomic E-state index is 0.109. The number of carbonyl (C=O) groups excluding carboxylic acids is 1. The van der Waals surface area contributed by atoms with E-state index in [1.807, 2.05) is 6.07 Å². The Morgan fingerprint density at radius 2 is 1.90 bits per heavy atom. The van der Waals surface area contributed by atoms with Gasteiger partial charge >= 0.3 is 0 Å². The second kappa shape index (κ2) is 7.08. The molecule has 148 valence electrons. The van der Waals surface area contributed by atoms with Gasteiger partial charge in [-0.2, -0.15) is 0 Å². The first-order chi connectivity index (χ1) is 14.2. The zero-order valence-corrected chi connectivity index (χ0v) is 15.6. The van der Waals surface area contributed by atoms with Crippen LogP contribution in [0.1, 0.15) is 25.7 Å². The third kappa shape index (κ3) is 3.58. The van der Waals surface area contributed by atoms with Crippen LogP contribution in [-0.4, -0.2) is 38.5 Å². The van der Waals surface area contributed by atoms with Gasteiger partial charge in [0.15, 0.2) is 18.1 Å². The third-order valence-electron chi connectivity index (χ3n) is 5.00. The number of carbonyl (C=O) groups is 1. The predicted molar refractivity (Wildman–Crippen MR) is 102 cm³/mol. The first-order valence-corrected chi connectivity index (χ1v) is 9.47. The van der Waals surface area contributed by atoms with Crippen molar-refractivity contribution in [1.29, 1.82) is 0 Å². The molecule has 0 radical (unpaired) electrons. The Kier molecular flexibility index (Phi) is 4.27. The smallest absolute Gasteiger partial charge is 0.262 e. The molecule has 1 spiro atoms. The van der Waals surface area contributed by atoms with Crippen LogP contribution in [0.25, 0.3) is 5.69 Å². The maximum Gasteiger partial charge on any atom is 0.262 e. The number of tetrazole rings is 1. The largest absolute Gasteiger partial charge is 0.484 e. The summed E-state index contributed by atoms with van der Waals surface area (Å²) in [5, 5.41) is 13.8.